The quantitative estimate of drug-likeness (QED) is 0.628. The monoisotopic (exact) mass is 355 g/mol. The predicted molar refractivity (Wildman–Crippen MR) is 87.3 cm³/mol. The van der Waals surface area contributed by atoms with Gasteiger partial charge in [0.1, 0.15) is 0 Å². The van der Waals surface area contributed by atoms with Gasteiger partial charge in [0.05, 0.1) is 4.92 Å². The lowest BCUT2D eigenvalue weighted by Gasteiger charge is -2.29. The Labute approximate surface area is 134 Å². The largest absolute Gasteiger partial charge is 0.316 e. The number of non-ortho nitro benzene ring substituents is 1. The van der Waals surface area contributed by atoms with Gasteiger partial charge >= 0.3 is 0 Å². The SMILES string of the molecule is CCN(Cc1ccc([N+](=O)[O-])cc1Br)CC1CCCNC1. The number of nitro benzene ring substituents is 1. The molecule has 0 amide bonds. The van der Waals surface area contributed by atoms with E-state index in [2.05, 4.69) is 33.1 Å². The van der Waals surface area contributed by atoms with Crippen molar-refractivity contribution in [2.45, 2.75) is 26.3 Å². The normalized spacial score (nSPS) is 18.9. The van der Waals surface area contributed by atoms with E-state index in [-0.39, 0.29) is 10.6 Å². The molecule has 0 saturated carbocycles. The summed E-state index contributed by atoms with van der Waals surface area (Å²) < 4.78 is 0.817. The molecule has 0 bridgehead atoms. The molecule has 6 heteroatoms. The van der Waals surface area contributed by atoms with Crippen LogP contribution in [-0.4, -0.2) is 36.0 Å². The van der Waals surface area contributed by atoms with Gasteiger partial charge in [-0.25, -0.2) is 0 Å². The van der Waals surface area contributed by atoms with Gasteiger partial charge < -0.3 is 5.32 Å². The Morgan fingerprint density at radius 2 is 2.33 bits per heavy atom. The summed E-state index contributed by atoms with van der Waals surface area (Å²) in [5, 5.41) is 14.2. The Hall–Kier alpha value is -0.980. The van der Waals surface area contributed by atoms with E-state index in [1.165, 1.54) is 12.8 Å². The average Bonchev–Trinajstić information content (AvgIpc) is 2.49. The van der Waals surface area contributed by atoms with Crippen LogP contribution in [0.1, 0.15) is 25.3 Å². The van der Waals surface area contributed by atoms with Crippen molar-refractivity contribution in [3.8, 4) is 0 Å². The predicted octanol–water partition coefficient (Wildman–Crippen LogP) is 3.18. The highest BCUT2D eigenvalue weighted by Gasteiger charge is 2.17. The molecule has 1 aliphatic rings. The third-order valence-electron chi connectivity index (χ3n) is 4.00. The molecular weight excluding hydrogens is 334 g/mol. The van der Waals surface area contributed by atoms with Gasteiger partial charge in [-0.2, -0.15) is 0 Å². The Kier molecular flexibility index (Phi) is 6.14. The van der Waals surface area contributed by atoms with Crippen LogP contribution in [0, 0.1) is 16.0 Å². The number of nitro groups is 1. The number of nitrogens with zero attached hydrogens (tertiary/aromatic N) is 2. The second kappa shape index (κ2) is 7.87. The van der Waals surface area contributed by atoms with E-state index in [1.54, 1.807) is 12.1 Å². The fourth-order valence-electron chi connectivity index (χ4n) is 2.77. The molecule has 2 rings (SSSR count). The molecule has 0 aliphatic carbocycles. The number of rotatable bonds is 6. The second-order valence-electron chi connectivity index (χ2n) is 5.57. The lowest BCUT2D eigenvalue weighted by molar-refractivity contribution is -0.384. The fourth-order valence-corrected chi connectivity index (χ4v) is 3.26. The highest BCUT2D eigenvalue weighted by molar-refractivity contribution is 9.10. The maximum absolute atomic E-state index is 10.8. The molecule has 1 N–H and O–H groups in total. The van der Waals surface area contributed by atoms with Crippen molar-refractivity contribution >= 4 is 21.6 Å². The molecule has 1 aromatic rings. The maximum atomic E-state index is 10.8. The first kappa shape index (κ1) is 16.4. The van der Waals surface area contributed by atoms with E-state index in [9.17, 15) is 10.1 Å². The Bertz CT molecular complexity index is 490. The van der Waals surface area contributed by atoms with Crippen LogP contribution in [0.2, 0.25) is 0 Å². The summed E-state index contributed by atoms with van der Waals surface area (Å²) in [5.74, 6) is 0.704. The minimum atomic E-state index is -0.361. The Morgan fingerprint density at radius 3 is 2.90 bits per heavy atom. The number of halogens is 1. The van der Waals surface area contributed by atoms with Crippen molar-refractivity contribution in [3.05, 3.63) is 38.3 Å². The lowest BCUT2D eigenvalue weighted by Crippen LogP contribution is -2.38. The summed E-state index contributed by atoms with van der Waals surface area (Å²) >= 11 is 3.45. The Balaban J connectivity index is 1.99. The van der Waals surface area contributed by atoms with Crippen molar-refractivity contribution in [2.75, 3.05) is 26.2 Å². The second-order valence-corrected chi connectivity index (χ2v) is 6.43. The van der Waals surface area contributed by atoms with Crippen LogP contribution < -0.4 is 5.32 Å². The molecule has 21 heavy (non-hydrogen) atoms. The van der Waals surface area contributed by atoms with Gasteiger partial charge in [-0.05, 0) is 50.0 Å². The van der Waals surface area contributed by atoms with Gasteiger partial charge in [0.25, 0.3) is 5.69 Å². The zero-order chi connectivity index (χ0) is 15.2. The topological polar surface area (TPSA) is 58.4 Å². The maximum Gasteiger partial charge on any atom is 0.270 e. The van der Waals surface area contributed by atoms with Crippen LogP contribution in [0.5, 0.6) is 0 Å². The van der Waals surface area contributed by atoms with Gasteiger partial charge in [-0.1, -0.05) is 22.9 Å². The van der Waals surface area contributed by atoms with E-state index in [4.69, 9.17) is 0 Å². The van der Waals surface area contributed by atoms with Crippen molar-refractivity contribution in [2.24, 2.45) is 5.92 Å². The van der Waals surface area contributed by atoms with Crippen LogP contribution >= 0.6 is 15.9 Å². The summed E-state index contributed by atoms with van der Waals surface area (Å²) in [4.78, 5) is 12.8. The molecule has 1 unspecified atom stereocenters. The lowest BCUT2D eigenvalue weighted by atomic mass is 9.99. The molecule has 1 saturated heterocycles. The molecular formula is C15H22BrN3O2. The number of piperidine rings is 1. The number of hydrogen-bond acceptors (Lipinski definition) is 4. The molecule has 5 nitrogen and oxygen atoms in total. The highest BCUT2D eigenvalue weighted by atomic mass is 79.9. The van der Waals surface area contributed by atoms with Gasteiger partial charge in [-0.15, -0.1) is 0 Å². The molecule has 0 radical (unpaired) electrons. The van der Waals surface area contributed by atoms with Crippen LogP contribution in [0.4, 0.5) is 5.69 Å². The minimum Gasteiger partial charge on any atom is -0.316 e. The molecule has 1 heterocycles. The molecule has 1 fully saturated rings. The smallest absolute Gasteiger partial charge is 0.270 e. The summed E-state index contributed by atoms with van der Waals surface area (Å²) in [5.41, 5.74) is 1.23. The van der Waals surface area contributed by atoms with E-state index in [0.29, 0.717) is 5.92 Å². The summed E-state index contributed by atoms with van der Waals surface area (Å²) in [6, 6.07) is 5.02. The first-order chi connectivity index (χ1) is 10.1. The van der Waals surface area contributed by atoms with Gasteiger partial charge in [0.15, 0.2) is 0 Å². The number of benzene rings is 1. The molecule has 0 aromatic heterocycles. The summed E-state index contributed by atoms with van der Waals surface area (Å²) in [6.45, 7) is 7.28. The van der Waals surface area contributed by atoms with Crippen molar-refractivity contribution in [3.63, 3.8) is 0 Å². The van der Waals surface area contributed by atoms with Crippen LogP contribution in [0.3, 0.4) is 0 Å². The molecule has 1 aromatic carbocycles. The zero-order valence-electron chi connectivity index (χ0n) is 12.3. The Morgan fingerprint density at radius 1 is 1.52 bits per heavy atom. The summed E-state index contributed by atoms with van der Waals surface area (Å²) in [7, 11) is 0. The van der Waals surface area contributed by atoms with E-state index < -0.39 is 0 Å². The minimum absolute atomic E-state index is 0.130. The molecule has 1 aliphatic heterocycles. The van der Waals surface area contributed by atoms with Gasteiger partial charge in [0, 0.05) is 29.7 Å². The van der Waals surface area contributed by atoms with Crippen molar-refractivity contribution in [1.29, 1.82) is 0 Å². The van der Waals surface area contributed by atoms with E-state index >= 15 is 0 Å². The van der Waals surface area contributed by atoms with E-state index in [0.717, 1.165) is 42.8 Å². The number of hydrogen-bond donors (Lipinski definition) is 1. The zero-order valence-corrected chi connectivity index (χ0v) is 13.9. The highest BCUT2D eigenvalue weighted by Crippen LogP contribution is 2.24. The number of nitrogens with one attached hydrogen (secondary N) is 1. The van der Waals surface area contributed by atoms with Gasteiger partial charge in [0.2, 0.25) is 0 Å². The van der Waals surface area contributed by atoms with Crippen LogP contribution in [0.15, 0.2) is 22.7 Å². The van der Waals surface area contributed by atoms with E-state index in [1.807, 2.05) is 6.07 Å². The van der Waals surface area contributed by atoms with Gasteiger partial charge in [-0.3, -0.25) is 15.0 Å². The third kappa shape index (κ3) is 4.76. The standard InChI is InChI=1S/C15H22BrN3O2/c1-2-18(10-12-4-3-7-17-9-12)11-13-5-6-14(19(20)21)8-15(13)16/h5-6,8,12,17H,2-4,7,9-11H2,1H3. The van der Waals surface area contributed by atoms with Crippen LogP contribution in [-0.2, 0) is 6.54 Å². The van der Waals surface area contributed by atoms with Crippen LogP contribution in [0.25, 0.3) is 0 Å². The molecule has 1 atom stereocenters. The first-order valence-corrected chi connectivity index (χ1v) is 8.25. The molecule has 0 spiro atoms. The van der Waals surface area contributed by atoms with Crippen molar-refractivity contribution < 1.29 is 4.92 Å². The molecule has 116 valence electrons. The van der Waals surface area contributed by atoms with Crippen molar-refractivity contribution in [1.82, 2.24) is 10.2 Å². The summed E-state index contributed by atoms with van der Waals surface area (Å²) in [6.07, 6.45) is 2.54. The fraction of sp³-hybridized carbons (Fsp3) is 0.600. The first-order valence-electron chi connectivity index (χ1n) is 7.46. The third-order valence-corrected chi connectivity index (χ3v) is 4.74. The average molecular weight is 356 g/mol.